The van der Waals surface area contributed by atoms with Crippen LogP contribution in [0.15, 0.2) is 58.6 Å². The van der Waals surface area contributed by atoms with Gasteiger partial charge in [-0.05, 0) is 42.7 Å². The average molecular weight is 424 g/mol. The molecule has 0 aliphatic carbocycles. The maximum Gasteiger partial charge on any atom is 0.223 e. The van der Waals surface area contributed by atoms with Crippen LogP contribution in [0.25, 0.3) is 0 Å². The van der Waals surface area contributed by atoms with E-state index < -0.39 is 0 Å². The zero-order valence-electron chi connectivity index (χ0n) is 16.3. The lowest BCUT2D eigenvalue weighted by atomic mass is 10.1. The highest BCUT2D eigenvalue weighted by Crippen LogP contribution is 2.34. The first-order valence-electron chi connectivity index (χ1n) is 9.92. The van der Waals surface area contributed by atoms with Gasteiger partial charge >= 0.3 is 0 Å². The summed E-state index contributed by atoms with van der Waals surface area (Å²) in [6.45, 7) is 2.97. The molecule has 154 valence electrons. The number of aromatic nitrogens is 3. The highest BCUT2D eigenvalue weighted by molar-refractivity contribution is 7.99. The van der Waals surface area contributed by atoms with Gasteiger partial charge in [0.2, 0.25) is 5.95 Å². The van der Waals surface area contributed by atoms with Crippen LogP contribution in [0.3, 0.4) is 0 Å². The van der Waals surface area contributed by atoms with Crippen LogP contribution in [0.4, 0.5) is 27.7 Å². The normalized spacial score (nSPS) is 20.4. The summed E-state index contributed by atoms with van der Waals surface area (Å²) in [6, 6.07) is 11.1. The fourth-order valence-electron chi connectivity index (χ4n) is 4.14. The molecule has 2 saturated heterocycles. The molecule has 2 aromatic heterocycles. The Morgan fingerprint density at radius 1 is 1.13 bits per heavy atom. The molecule has 2 fully saturated rings. The largest absolute Gasteiger partial charge is 0.368 e. The van der Waals surface area contributed by atoms with Crippen molar-refractivity contribution in [1.82, 2.24) is 20.3 Å². The van der Waals surface area contributed by atoms with E-state index in [-0.39, 0.29) is 11.8 Å². The molecule has 4 heterocycles. The molecule has 1 aromatic carbocycles. The van der Waals surface area contributed by atoms with E-state index in [1.165, 1.54) is 17.8 Å². The van der Waals surface area contributed by atoms with Crippen LogP contribution in [0.1, 0.15) is 6.42 Å². The SMILES string of the molecule is Nc1nc(Nc2ccc(Sc3ccncc3)c(F)c2)cc(N2CCC3CNCC32)n1. The van der Waals surface area contributed by atoms with Gasteiger partial charge in [0.1, 0.15) is 17.5 Å². The van der Waals surface area contributed by atoms with Gasteiger partial charge in [-0.1, -0.05) is 11.8 Å². The summed E-state index contributed by atoms with van der Waals surface area (Å²) in [5.41, 5.74) is 6.58. The van der Waals surface area contributed by atoms with Crippen molar-refractivity contribution in [3.63, 3.8) is 0 Å². The first-order valence-corrected chi connectivity index (χ1v) is 10.7. The molecular formula is C21H22FN7S. The van der Waals surface area contributed by atoms with Crippen molar-refractivity contribution in [3.8, 4) is 0 Å². The van der Waals surface area contributed by atoms with Crippen LogP contribution >= 0.6 is 11.8 Å². The van der Waals surface area contributed by atoms with Crippen LogP contribution in [0, 0.1) is 11.7 Å². The number of nitrogens with one attached hydrogen (secondary N) is 2. The third kappa shape index (κ3) is 3.90. The van der Waals surface area contributed by atoms with Gasteiger partial charge in [-0.2, -0.15) is 9.97 Å². The van der Waals surface area contributed by atoms with E-state index in [1.54, 1.807) is 18.5 Å². The van der Waals surface area contributed by atoms with Gasteiger partial charge in [0.25, 0.3) is 0 Å². The Bertz CT molecular complexity index is 1050. The fraction of sp³-hybridized carbons (Fsp3) is 0.286. The molecule has 30 heavy (non-hydrogen) atoms. The van der Waals surface area contributed by atoms with E-state index in [0.717, 1.165) is 36.8 Å². The molecule has 7 nitrogen and oxygen atoms in total. The minimum Gasteiger partial charge on any atom is -0.368 e. The molecular weight excluding hydrogens is 401 g/mol. The van der Waals surface area contributed by atoms with Crippen molar-refractivity contribution < 1.29 is 4.39 Å². The number of benzene rings is 1. The Balaban J connectivity index is 1.34. The maximum absolute atomic E-state index is 14.6. The van der Waals surface area contributed by atoms with Crippen molar-refractivity contribution >= 4 is 35.0 Å². The van der Waals surface area contributed by atoms with Gasteiger partial charge in [0.15, 0.2) is 0 Å². The Labute approximate surface area is 178 Å². The van der Waals surface area contributed by atoms with E-state index in [4.69, 9.17) is 5.73 Å². The van der Waals surface area contributed by atoms with Gasteiger partial charge in [0, 0.05) is 59.6 Å². The summed E-state index contributed by atoms with van der Waals surface area (Å²) in [5, 5.41) is 6.61. The lowest BCUT2D eigenvalue weighted by Gasteiger charge is -2.25. The van der Waals surface area contributed by atoms with E-state index >= 15 is 0 Å². The Morgan fingerprint density at radius 2 is 2.00 bits per heavy atom. The standard InChI is InChI=1S/C21H22FN7S/c22-16-9-14(1-2-18(16)30-15-3-6-24-7-4-15)26-19-10-20(28-21(23)27-19)29-8-5-13-11-25-12-17(13)29/h1-4,6-7,9-10,13,17,25H,5,8,11-12H2,(H3,23,26,27,28). The molecule has 0 radical (unpaired) electrons. The summed E-state index contributed by atoms with van der Waals surface area (Å²) in [4.78, 5) is 16.5. The smallest absolute Gasteiger partial charge is 0.223 e. The number of nitrogens with two attached hydrogens (primary N) is 1. The molecule has 2 aliphatic rings. The molecule has 0 amide bonds. The monoisotopic (exact) mass is 423 g/mol. The summed E-state index contributed by atoms with van der Waals surface area (Å²) >= 11 is 1.36. The maximum atomic E-state index is 14.6. The second-order valence-electron chi connectivity index (χ2n) is 7.49. The van der Waals surface area contributed by atoms with E-state index in [2.05, 4.69) is 30.5 Å². The molecule has 0 saturated carbocycles. The molecule has 2 unspecified atom stereocenters. The zero-order chi connectivity index (χ0) is 20.5. The number of rotatable bonds is 5. The van der Waals surface area contributed by atoms with E-state index in [9.17, 15) is 4.39 Å². The predicted octanol–water partition coefficient (Wildman–Crippen LogP) is 3.29. The first-order chi connectivity index (χ1) is 14.7. The predicted molar refractivity (Wildman–Crippen MR) is 117 cm³/mol. The third-order valence-corrected chi connectivity index (χ3v) is 6.61. The van der Waals surface area contributed by atoms with Crippen LogP contribution < -0.4 is 21.3 Å². The molecule has 2 atom stereocenters. The van der Waals surface area contributed by atoms with Crippen molar-refractivity contribution in [3.05, 3.63) is 54.6 Å². The Hall–Kier alpha value is -2.91. The van der Waals surface area contributed by atoms with Gasteiger partial charge < -0.3 is 21.3 Å². The van der Waals surface area contributed by atoms with Gasteiger partial charge in [-0.25, -0.2) is 4.39 Å². The molecule has 3 aromatic rings. The topological polar surface area (TPSA) is 92.0 Å². The first kappa shape index (κ1) is 19.1. The molecule has 2 aliphatic heterocycles. The van der Waals surface area contributed by atoms with Crippen molar-refractivity contribution in [2.75, 3.05) is 35.6 Å². The number of nitrogens with zero attached hydrogens (tertiary/aromatic N) is 4. The van der Waals surface area contributed by atoms with Gasteiger partial charge in [-0.3, -0.25) is 4.98 Å². The minimum atomic E-state index is -0.302. The van der Waals surface area contributed by atoms with Crippen LogP contribution in [-0.2, 0) is 0 Å². The number of hydrogen-bond donors (Lipinski definition) is 3. The van der Waals surface area contributed by atoms with Gasteiger partial charge in [-0.15, -0.1) is 0 Å². The highest BCUT2D eigenvalue weighted by atomic mass is 32.2. The third-order valence-electron chi connectivity index (χ3n) is 5.55. The van der Waals surface area contributed by atoms with Crippen molar-refractivity contribution in [2.45, 2.75) is 22.3 Å². The van der Waals surface area contributed by atoms with Crippen LogP contribution in [0.5, 0.6) is 0 Å². The number of halogens is 1. The lowest BCUT2D eigenvalue weighted by Crippen LogP contribution is -2.34. The summed E-state index contributed by atoms with van der Waals surface area (Å²) in [7, 11) is 0. The van der Waals surface area contributed by atoms with Gasteiger partial charge in [0.05, 0.1) is 0 Å². The zero-order valence-corrected chi connectivity index (χ0v) is 17.1. The summed E-state index contributed by atoms with van der Waals surface area (Å²) in [5.74, 6) is 1.92. The van der Waals surface area contributed by atoms with Crippen LogP contribution in [-0.4, -0.2) is 40.6 Å². The van der Waals surface area contributed by atoms with Crippen molar-refractivity contribution in [1.29, 1.82) is 0 Å². The van der Waals surface area contributed by atoms with Crippen LogP contribution in [0.2, 0.25) is 0 Å². The average Bonchev–Trinajstić information content (AvgIpc) is 3.34. The highest BCUT2D eigenvalue weighted by Gasteiger charge is 2.38. The molecule has 0 spiro atoms. The quantitative estimate of drug-likeness (QED) is 0.576. The number of fused-ring (bicyclic) bond motifs is 1. The number of pyridine rings is 1. The van der Waals surface area contributed by atoms with E-state index in [1.807, 2.05) is 24.3 Å². The number of nitrogen functional groups attached to an aromatic ring is 1. The Morgan fingerprint density at radius 3 is 2.83 bits per heavy atom. The summed E-state index contributed by atoms with van der Waals surface area (Å²) < 4.78 is 14.6. The molecule has 0 bridgehead atoms. The van der Waals surface area contributed by atoms with Crippen molar-refractivity contribution in [2.24, 2.45) is 5.92 Å². The fourth-order valence-corrected chi connectivity index (χ4v) is 4.94. The molecule has 4 N–H and O–H groups in total. The Kier molecular flexibility index (Phi) is 5.14. The second kappa shape index (κ2) is 8.08. The second-order valence-corrected chi connectivity index (χ2v) is 8.61. The van der Waals surface area contributed by atoms with E-state index in [0.29, 0.717) is 28.4 Å². The molecule has 9 heteroatoms. The minimum absolute atomic E-state index is 0.203. The molecule has 5 rings (SSSR count). The number of hydrogen-bond acceptors (Lipinski definition) is 8. The summed E-state index contributed by atoms with van der Waals surface area (Å²) in [6.07, 6.45) is 4.53. The number of anilines is 4. The lowest BCUT2D eigenvalue weighted by molar-refractivity contribution is 0.577.